The number of aliphatic hydroxyl groups excluding tert-OH is 1. The highest BCUT2D eigenvalue weighted by molar-refractivity contribution is 5.89. The number of esters is 4. The topological polar surface area (TPSA) is 150 Å². The molecule has 0 aromatic carbocycles. The summed E-state index contributed by atoms with van der Waals surface area (Å²) in [6, 6.07) is 0. The van der Waals surface area contributed by atoms with E-state index >= 15 is 0 Å². The Balaban J connectivity index is 1.74. The average Bonchev–Trinajstić information content (AvgIpc) is 3.65. The molecule has 11 nitrogen and oxygen atoms in total. The van der Waals surface area contributed by atoms with Crippen LogP contribution < -0.4 is 0 Å². The SMILES string of the molecule is CCCC(=O)O[C@H]1[C@@H](OC(C)=O)C/C(C)=C\[C@@H]2OC(=O)[C@]3(C)OC23[C@@H](O)C2C3(C)OC3CC(OC(C)=O)[C@@]21C. The van der Waals surface area contributed by atoms with Gasteiger partial charge in [-0.15, -0.1) is 0 Å². The lowest BCUT2D eigenvalue weighted by atomic mass is 9.53. The molecular formula is C28H38O11. The van der Waals surface area contributed by atoms with E-state index in [1.54, 1.807) is 26.8 Å². The minimum absolute atomic E-state index is 0.117. The third-order valence-electron chi connectivity index (χ3n) is 9.51. The van der Waals surface area contributed by atoms with Gasteiger partial charge in [-0.2, -0.15) is 0 Å². The number of hydrogen-bond acceptors (Lipinski definition) is 11. The van der Waals surface area contributed by atoms with Crippen molar-refractivity contribution in [2.45, 2.75) is 128 Å². The van der Waals surface area contributed by atoms with E-state index < -0.39 is 82.5 Å². The average molecular weight is 551 g/mol. The first-order chi connectivity index (χ1) is 18.1. The largest absolute Gasteiger partial charge is 0.462 e. The van der Waals surface area contributed by atoms with Crippen molar-refractivity contribution >= 4 is 23.9 Å². The predicted molar refractivity (Wildman–Crippen MR) is 132 cm³/mol. The molecule has 11 atom stereocenters. The molecule has 1 saturated carbocycles. The lowest BCUT2D eigenvalue weighted by Gasteiger charge is -2.54. The van der Waals surface area contributed by atoms with Crippen LogP contribution in [-0.4, -0.2) is 82.4 Å². The second-order valence-electron chi connectivity index (χ2n) is 12.2. The van der Waals surface area contributed by atoms with Crippen molar-refractivity contribution in [1.29, 1.82) is 0 Å². The van der Waals surface area contributed by atoms with Gasteiger partial charge in [0.1, 0.15) is 18.3 Å². The van der Waals surface area contributed by atoms with Gasteiger partial charge in [-0.1, -0.05) is 19.4 Å². The summed E-state index contributed by atoms with van der Waals surface area (Å²) in [6.07, 6.45) is -2.90. The molecule has 3 aliphatic heterocycles. The maximum atomic E-state index is 13.1. The standard InChI is InChI=1S/C28H38O11/c1-8-9-20(31)37-23-16(34-14(3)29)10-13(2)11-19-28(27(7,39-28)24(33)36-19)22(32)21-25(23,5)17(35-15(4)30)12-18-26(21,6)38-18/h11,16-19,21-23,32H,8-10,12H2,1-7H3/b13-11-/t16-,17?,18?,19-,21?,22-,23-,25-,26?,27-,28?/m0/s1. The number of rotatable bonds is 5. The zero-order chi connectivity index (χ0) is 28.7. The van der Waals surface area contributed by atoms with Gasteiger partial charge >= 0.3 is 23.9 Å². The molecule has 5 rings (SSSR count). The Bertz CT molecular complexity index is 1130. The van der Waals surface area contributed by atoms with Gasteiger partial charge < -0.3 is 33.5 Å². The van der Waals surface area contributed by atoms with Gasteiger partial charge in [0.15, 0.2) is 17.3 Å². The third kappa shape index (κ3) is 3.94. The summed E-state index contributed by atoms with van der Waals surface area (Å²) in [4.78, 5) is 50.7. The molecule has 0 amide bonds. The second kappa shape index (κ2) is 9.01. The highest BCUT2D eigenvalue weighted by Gasteiger charge is 2.88. The van der Waals surface area contributed by atoms with E-state index in [0.717, 1.165) is 0 Å². The first-order valence-corrected chi connectivity index (χ1v) is 13.6. The van der Waals surface area contributed by atoms with Crippen molar-refractivity contribution in [3.05, 3.63) is 11.6 Å². The van der Waals surface area contributed by atoms with Crippen LogP contribution in [0.15, 0.2) is 11.6 Å². The number of carbonyl (C=O) groups is 4. The molecule has 3 heterocycles. The molecule has 4 fully saturated rings. The number of epoxide rings is 2. The van der Waals surface area contributed by atoms with E-state index in [9.17, 15) is 24.3 Å². The fraction of sp³-hybridized carbons (Fsp3) is 0.786. The maximum Gasteiger partial charge on any atom is 0.342 e. The molecule has 1 N–H and O–H groups in total. The van der Waals surface area contributed by atoms with Gasteiger partial charge in [-0.3, -0.25) is 14.4 Å². The zero-order valence-electron chi connectivity index (χ0n) is 23.5. The number of hydrogen-bond donors (Lipinski definition) is 1. The van der Waals surface area contributed by atoms with Crippen LogP contribution in [-0.2, 0) is 47.6 Å². The van der Waals surface area contributed by atoms with Gasteiger partial charge in [0.2, 0.25) is 0 Å². The van der Waals surface area contributed by atoms with Crippen LogP contribution in [0.1, 0.15) is 74.1 Å². The molecule has 0 aromatic rings. The van der Waals surface area contributed by atoms with Crippen LogP contribution in [0.5, 0.6) is 0 Å². The molecule has 0 aromatic heterocycles. The minimum atomic E-state index is -1.43. The highest BCUT2D eigenvalue weighted by atomic mass is 16.7. The smallest absolute Gasteiger partial charge is 0.342 e. The zero-order valence-corrected chi connectivity index (χ0v) is 23.5. The monoisotopic (exact) mass is 550 g/mol. The van der Waals surface area contributed by atoms with E-state index in [1.807, 2.05) is 13.8 Å². The number of fused-ring (bicyclic) bond motifs is 3. The van der Waals surface area contributed by atoms with E-state index in [-0.39, 0.29) is 25.4 Å². The van der Waals surface area contributed by atoms with Gasteiger partial charge in [0, 0.05) is 39.0 Å². The lowest BCUT2D eigenvalue weighted by Crippen LogP contribution is -2.67. The van der Waals surface area contributed by atoms with Crippen LogP contribution in [0.25, 0.3) is 0 Å². The van der Waals surface area contributed by atoms with E-state index in [1.165, 1.54) is 13.8 Å². The van der Waals surface area contributed by atoms with Gasteiger partial charge in [-0.25, -0.2) is 4.79 Å². The maximum absolute atomic E-state index is 13.1. The van der Waals surface area contributed by atoms with Crippen molar-refractivity contribution in [2.24, 2.45) is 11.3 Å². The fourth-order valence-electron chi connectivity index (χ4n) is 7.63. The van der Waals surface area contributed by atoms with Gasteiger partial charge in [-0.05, 0) is 33.3 Å². The molecule has 11 heteroatoms. The van der Waals surface area contributed by atoms with Crippen LogP contribution in [0.4, 0.5) is 0 Å². The van der Waals surface area contributed by atoms with Crippen molar-refractivity contribution in [1.82, 2.24) is 0 Å². The quantitative estimate of drug-likeness (QED) is 0.231. The summed E-state index contributed by atoms with van der Waals surface area (Å²) >= 11 is 0. The summed E-state index contributed by atoms with van der Waals surface area (Å²) < 4.78 is 35.7. The molecule has 1 spiro atoms. The van der Waals surface area contributed by atoms with Crippen LogP contribution >= 0.6 is 0 Å². The molecular weight excluding hydrogens is 512 g/mol. The summed E-state index contributed by atoms with van der Waals surface area (Å²) in [5.41, 5.74) is -4.41. The summed E-state index contributed by atoms with van der Waals surface area (Å²) in [5, 5.41) is 12.3. The second-order valence-corrected chi connectivity index (χ2v) is 12.2. The number of aliphatic hydroxyl groups is 1. The highest BCUT2D eigenvalue weighted by Crippen LogP contribution is 2.69. The van der Waals surface area contributed by atoms with Crippen molar-refractivity contribution in [3.63, 3.8) is 0 Å². The molecule has 0 radical (unpaired) electrons. The lowest BCUT2D eigenvalue weighted by molar-refractivity contribution is -0.225. The molecule has 216 valence electrons. The van der Waals surface area contributed by atoms with Gasteiger partial charge in [0.05, 0.1) is 23.2 Å². The summed E-state index contributed by atoms with van der Waals surface area (Å²) in [6.45, 7) is 11.4. The first-order valence-electron chi connectivity index (χ1n) is 13.6. The Hall–Kier alpha value is -2.50. The Labute approximate surface area is 227 Å². The van der Waals surface area contributed by atoms with Crippen LogP contribution in [0, 0.1) is 11.3 Å². The predicted octanol–water partition coefficient (Wildman–Crippen LogP) is 1.91. The van der Waals surface area contributed by atoms with Crippen molar-refractivity contribution < 1.29 is 52.7 Å². The van der Waals surface area contributed by atoms with E-state index in [4.69, 9.17) is 28.4 Å². The van der Waals surface area contributed by atoms with Crippen molar-refractivity contribution in [2.75, 3.05) is 0 Å². The van der Waals surface area contributed by atoms with Crippen LogP contribution in [0.3, 0.4) is 0 Å². The minimum Gasteiger partial charge on any atom is -0.462 e. The summed E-state index contributed by atoms with van der Waals surface area (Å²) in [5.74, 6) is -3.13. The van der Waals surface area contributed by atoms with E-state index in [2.05, 4.69) is 0 Å². The Morgan fingerprint density at radius 1 is 1.10 bits per heavy atom. The van der Waals surface area contributed by atoms with Crippen molar-refractivity contribution in [3.8, 4) is 0 Å². The molecule has 2 aliphatic carbocycles. The number of ether oxygens (including phenoxy) is 6. The van der Waals surface area contributed by atoms with E-state index in [0.29, 0.717) is 12.0 Å². The van der Waals surface area contributed by atoms with Crippen LogP contribution in [0.2, 0.25) is 0 Å². The molecule has 5 aliphatic rings. The summed E-state index contributed by atoms with van der Waals surface area (Å²) in [7, 11) is 0. The molecule has 5 unspecified atom stereocenters. The Morgan fingerprint density at radius 2 is 1.77 bits per heavy atom. The number of carbonyl (C=O) groups excluding carboxylic acids is 4. The molecule has 39 heavy (non-hydrogen) atoms. The Kier molecular flexibility index (Phi) is 6.48. The Morgan fingerprint density at radius 3 is 2.36 bits per heavy atom. The fourth-order valence-corrected chi connectivity index (χ4v) is 7.63. The molecule has 0 bridgehead atoms. The van der Waals surface area contributed by atoms with Gasteiger partial charge in [0.25, 0.3) is 0 Å². The molecule has 3 saturated heterocycles. The third-order valence-corrected chi connectivity index (χ3v) is 9.51. The normalized spacial score (nSPS) is 49.0. The first kappa shape index (κ1) is 28.0.